The van der Waals surface area contributed by atoms with Gasteiger partial charge in [0.05, 0.1) is 15.9 Å². The van der Waals surface area contributed by atoms with Crippen molar-refractivity contribution in [3.63, 3.8) is 0 Å². The molecule has 1 rings (SSSR count). The van der Waals surface area contributed by atoms with Crippen molar-refractivity contribution in [2.45, 2.75) is 0 Å². The molecule has 0 amide bonds. The maximum atomic E-state index is 10.3. The predicted octanol–water partition coefficient (Wildman–Crippen LogP) is 1.39. The van der Waals surface area contributed by atoms with E-state index in [9.17, 15) is 20.2 Å². The summed E-state index contributed by atoms with van der Waals surface area (Å²) in [6.07, 6.45) is 0. The third-order valence-corrected chi connectivity index (χ3v) is 1.50. The molecule has 0 saturated heterocycles. The number of benzene rings is 1. The Morgan fingerprint density at radius 3 is 1.79 bits per heavy atom. The van der Waals surface area contributed by atoms with Crippen LogP contribution in [0.25, 0.3) is 0 Å². The van der Waals surface area contributed by atoms with Crippen molar-refractivity contribution in [3.8, 4) is 0 Å². The molecule has 0 aliphatic rings. The molecule has 14 heavy (non-hydrogen) atoms. The second kappa shape index (κ2) is 3.79. The third-order valence-electron chi connectivity index (χ3n) is 1.50. The topological polar surface area (TPSA) is 107 Å². The Kier molecular flexibility index (Phi) is 2.73. The van der Waals surface area contributed by atoms with Crippen LogP contribution in [0.15, 0.2) is 18.2 Å². The molecule has 1 aromatic carbocycles. The highest BCUT2D eigenvalue weighted by atomic mass is 16.6. The van der Waals surface area contributed by atoms with E-state index >= 15 is 0 Å². The van der Waals surface area contributed by atoms with Crippen LogP contribution in [0.5, 0.6) is 0 Å². The molecule has 0 unspecified atom stereocenters. The first kappa shape index (κ1) is 10.1. The Labute approximate surface area is 77.9 Å². The van der Waals surface area contributed by atoms with Crippen molar-refractivity contribution in [1.82, 2.24) is 0 Å². The van der Waals surface area contributed by atoms with Gasteiger partial charge < -0.3 is 5.11 Å². The van der Waals surface area contributed by atoms with Gasteiger partial charge in [-0.25, -0.2) is 0 Å². The van der Waals surface area contributed by atoms with Crippen LogP contribution >= 0.6 is 0 Å². The molecule has 0 aliphatic carbocycles. The zero-order chi connectivity index (χ0) is 10.7. The number of hydrogen-bond acceptors (Lipinski definition) is 5. The fourth-order valence-electron chi connectivity index (χ4n) is 0.903. The second-order valence-corrected chi connectivity index (χ2v) is 2.43. The Balaban J connectivity index is 3.27. The lowest BCUT2D eigenvalue weighted by Crippen LogP contribution is -1.94. The lowest BCUT2D eigenvalue weighted by atomic mass is 10.2. The van der Waals surface area contributed by atoms with Gasteiger partial charge in [-0.1, -0.05) is 0 Å². The minimum Gasteiger partial charge on any atom is -0.385 e. The molecule has 0 aromatic heterocycles. The number of rotatable bonds is 3. The van der Waals surface area contributed by atoms with E-state index in [1.54, 1.807) is 0 Å². The van der Waals surface area contributed by atoms with Gasteiger partial charge in [0.2, 0.25) is 0 Å². The van der Waals surface area contributed by atoms with Gasteiger partial charge >= 0.3 is 0 Å². The van der Waals surface area contributed by atoms with E-state index in [2.05, 4.69) is 0 Å². The number of non-ortho nitro benzene ring substituents is 2. The van der Waals surface area contributed by atoms with Gasteiger partial charge in [0.25, 0.3) is 11.4 Å². The lowest BCUT2D eigenvalue weighted by molar-refractivity contribution is -0.394. The predicted molar refractivity (Wildman–Crippen MR) is 45.1 cm³/mol. The first-order valence-corrected chi connectivity index (χ1v) is 3.46. The molecule has 0 atom stereocenters. The highest BCUT2D eigenvalue weighted by molar-refractivity contribution is 5.48. The van der Waals surface area contributed by atoms with Crippen LogP contribution in [0.3, 0.4) is 0 Å². The fourth-order valence-corrected chi connectivity index (χ4v) is 0.903. The van der Waals surface area contributed by atoms with Crippen molar-refractivity contribution in [2.75, 3.05) is 0 Å². The Morgan fingerprint density at radius 1 is 1.07 bits per heavy atom. The quantitative estimate of drug-likeness (QED) is 0.581. The Hall–Kier alpha value is -2.02. The van der Waals surface area contributed by atoms with E-state index in [0.717, 1.165) is 18.2 Å². The van der Waals surface area contributed by atoms with Crippen molar-refractivity contribution < 1.29 is 15.0 Å². The highest BCUT2D eigenvalue weighted by Gasteiger charge is 2.15. The summed E-state index contributed by atoms with van der Waals surface area (Å²) in [7, 11) is 0. The summed E-state index contributed by atoms with van der Waals surface area (Å²) < 4.78 is 0. The summed E-state index contributed by atoms with van der Waals surface area (Å²) in [5.74, 6) is 0. The number of aliphatic hydroxyl groups excluding tert-OH is 1. The average molecular weight is 197 g/mol. The van der Waals surface area contributed by atoms with E-state index < -0.39 is 21.2 Å². The van der Waals surface area contributed by atoms with Crippen LogP contribution in [0.1, 0.15) is 5.56 Å². The summed E-state index contributed by atoms with van der Waals surface area (Å²) in [5, 5.41) is 29.2. The van der Waals surface area contributed by atoms with Crippen LogP contribution < -0.4 is 0 Å². The maximum Gasteiger partial charge on any atom is 0.276 e. The molecule has 0 spiro atoms. The van der Waals surface area contributed by atoms with E-state index in [0.29, 0.717) is 6.61 Å². The summed E-state index contributed by atoms with van der Waals surface area (Å²) in [6.45, 7) is 0.569. The Morgan fingerprint density at radius 2 is 1.50 bits per heavy atom. The monoisotopic (exact) mass is 197 g/mol. The second-order valence-electron chi connectivity index (χ2n) is 2.43. The molecule has 1 radical (unpaired) electrons. The zero-order valence-electron chi connectivity index (χ0n) is 6.78. The average Bonchev–Trinajstić information content (AvgIpc) is 2.16. The van der Waals surface area contributed by atoms with Gasteiger partial charge in [0.15, 0.2) is 0 Å². The minimum atomic E-state index is -0.764. The van der Waals surface area contributed by atoms with Crippen LogP contribution in [0.4, 0.5) is 11.4 Å². The van der Waals surface area contributed by atoms with Crippen molar-refractivity contribution in [2.24, 2.45) is 0 Å². The fraction of sp³-hybridized carbons (Fsp3) is 0. The molecule has 1 aromatic rings. The molecule has 73 valence electrons. The smallest absolute Gasteiger partial charge is 0.276 e. The standard InChI is InChI=1S/C7H5N2O5/c10-4-5-1-6(8(11)12)3-7(2-5)9(13)14/h1-4,10H. The molecular weight excluding hydrogens is 192 g/mol. The van der Waals surface area contributed by atoms with Crippen LogP contribution in [-0.4, -0.2) is 15.0 Å². The van der Waals surface area contributed by atoms with Crippen molar-refractivity contribution in [1.29, 1.82) is 0 Å². The number of hydrogen-bond donors (Lipinski definition) is 1. The molecular formula is C7H5N2O5. The highest BCUT2D eigenvalue weighted by Crippen LogP contribution is 2.22. The van der Waals surface area contributed by atoms with Gasteiger partial charge in [-0.3, -0.25) is 20.2 Å². The molecule has 0 bridgehead atoms. The van der Waals surface area contributed by atoms with E-state index in [4.69, 9.17) is 5.11 Å². The van der Waals surface area contributed by atoms with Gasteiger partial charge in [-0.15, -0.1) is 0 Å². The maximum absolute atomic E-state index is 10.3. The van der Waals surface area contributed by atoms with E-state index in [1.807, 2.05) is 0 Å². The van der Waals surface area contributed by atoms with Crippen LogP contribution in [0.2, 0.25) is 0 Å². The largest absolute Gasteiger partial charge is 0.385 e. The van der Waals surface area contributed by atoms with Gasteiger partial charge in [-0.2, -0.15) is 0 Å². The molecule has 0 fully saturated rings. The summed E-state index contributed by atoms with van der Waals surface area (Å²) >= 11 is 0. The van der Waals surface area contributed by atoms with Gasteiger partial charge in [-0.05, 0) is 5.56 Å². The number of nitro groups is 2. The first-order chi connectivity index (χ1) is 6.54. The molecule has 0 saturated carbocycles. The minimum absolute atomic E-state index is 0.0194. The van der Waals surface area contributed by atoms with Crippen LogP contribution in [-0.2, 0) is 0 Å². The third kappa shape index (κ3) is 2.02. The molecule has 7 heteroatoms. The Bertz CT molecular complexity index is 357. The van der Waals surface area contributed by atoms with Crippen LogP contribution in [0, 0.1) is 26.8 Å². The molecule has 0 heterocycles. The van der Waals surface area contributed by atoms with Crippen molar-refractivity contribution >= 4 is 11.4 Å². The number of nitro benzene ring substituents is 2. The SMILES string of the molecule is O=[N+]([O-])c1cc([CH]O)cc([N+](=O)[O-])c1. The lowest BCUT2D eigenvalue weighted by Gasteiger charge is -1.96. The number of nitrogens with zero attached hydrogens (tertiary/aromatic N) is 2. The summed E-state index contributed by atoms with van der Waals surface area (Å²) in [6, 6.07) is 2.90. The normalized spacial score (nSPS) is 9.79. The summed E-state index contributed by atoms with van der Waals surface area (Å²) in [5.41, 5.74) is -0.843. The van der Waals surface area contributed by atoms with E-state index in [-0.39, 0.29) is 5.56 Å². The zero-order valence-corrected chi connectivity index (χ0v) is 6.78. The van der Waals surface area contributed by atoms with E-state index in [1.165, 1.54) is 0 Å². The molecule has 0 aliphatic heterocycles. The van der Waals surface area contributed by atoms with Gasteiger partial charge in [0.1, 0.15) is 6.61 Å². The van der Waals surface area contributed by atoms with Gasteiger partial charge in [0, 0.05) is 12.1 Å². The number of aliphatic hydroxyl groups is 1. The molecule has 1 N–H and O–H groups in total. The van der Waals surface area contributed by atoms with Crippen molar-refractivity contribution in [3.05, 3.63) is 50.6 Å². The summed E-state index contributed by atoms with van der Waals surface area (Å²) in [4.78, 5) is 19.1. The molecule has 7 nitrogen and oxygen atoms in total. The first-order valence-electron chi connectivity index (χ1n) is 3.46.